The Morgan fingerprint density at radius 3 is 2.18 bits per heavy atom. The van der Waals surface area contributed by atoms with Gasteiger partial charge in [-0.25, -0.2) is 0 Å². The molecule has 1 aromatic heterocycles. The molecule has 0 unspecified atom stereocenters. The van der Waals surface area contributed by atoms with Crippen molar-refractivity contribution in [2.24, 2.45) is 0 Å². The second-order valence-corrected chi connectivity index (χ2v) is 5.56. The topological polar surface area (TPSA) is 110 Å². The minimum atomic E-state index is -4.50. The predicted molar refractivity (Wildman–Crippen MR) is 69.4 cm³/mol. The molecule has 0 bridgehead atoms. The van der Waals surface area contributed by atoms with Crippen molar-refractivity contribution in [2.45, 2.75) is 11.2 Å². The van der Waals surface area contributed by atoms with E-state index in [4.69, 9.17) is 0 Å². The number of halogens is 3. The normalized spacial score (nSPS) is 12.0. The van der Waals surface area contributed by atoms with Crippen LogP contribution in [0.2, 0.25) is 0 Å². The van der Waals surface area contributed by atoms with Crippen LogP contribution < -0.4 is 10.0 Å². The number of anilines is 2. The molecule has 2 aromatic rings. The van der Waals surface area contributed by atoms with Gasteiger partial charge in [0.2, 0.25) is 5.03 Å². The Morgan fingerprint density at radius 2 is 1.64 bits per heavy atom. The Balaban J connectivity index is 2.29. The predicted octanol–water partition coefficient (Wildman–Crippen LogP) is 1.13. The molecule has 0 aliphatic rings. The van der Waals surface area contributed by atoms with Crippen LogP contribution in [0.3, 0.4) is 0 Å². The van der Waals surface area contributed by atoms with E-state index in [1.807, 2.05) is 0 Å². The summed E-state index contributed by atoms with van der Waals surface area (Å²) >= 11 is 0. The highest BCUT2D eigenvalue weighted by Gasteiger charge is 2.30. The standard InChI is InChI=1S/C10H9F3N6O2S/c1-14-8-9(16-19-18-15-8)22(20,21)17-7-4-2-6(3-5-7)10(11,12)13/h2-5,17H,1H3,(H,14,15,19). The average molecular weight is 334 g/mol. The van der Waals surface area contributed by atoms with Crippen molar-refractivity contribution in [3.05, 3.63) is 29.8 Å². The lowest BCUT2D eigenvalue weighted by Gasteiger charge is -2.10. The summed E-state index contributed by atoms with van der Waals surface area (Å²) in [4.78, 5) is 0. The van der Waals surface area contributed by atoms with Crippen molar-refractivity contribution in [1.82, 2.24) is 20.6 Å². The molecule has 1 heterocycles. The highest BCUT2D eigenvalue weighted by molar-refractivity contribution is 7.92. The average Bonchev–Trinajstić information content (AvgIpc) is 2.46. The van der Waals surface area contributed by atoms with Crippen molar-refractivity contribution in [1.29, 1.82) is 0 Å². The molecular weight excluding hydrogens is 325 g/mol. The lowest BCUT2D eigenvalue weighted by molar-refractivity contribution is -0.137. The first-order chi connectivity index (χ1) is 10.2. The zero-order valence-electron chi connectivity index (χ0n) is 11.0. The molecule has 0 saturated heterocycles. The molecule has 118 valence electrons. The molecule has 0 saturated carbocycles. The smallest absolute Gasteiger partial charge is 0.369 e. The molecule has 1 aromatic carbocycles. The van der Waals surface area contributed by atoms with Crippen LogP contribution in [-0.2, 0) is 16.2 Å². The highest BCUT2D eigenvalue weighted by Crippen LogP contribution is 2.30. The number of hydrogen-bond acceptors (Lipinski definition) is 7. The van der Waals surface area contributed by atoms with Crippen LogP contribution in [0.5, 0.6) is 0 Å². The number of sulfonamides is 1. The van der Waals surface area contributed by atoms with Gasteiger partial charge in [0.15, 0.2) is 5.82 Å². The van der Waals surface area contributed by atoms with E-state index < -0.39 is 26.8 Å². The largest absolute Gasteiger partial charge is 0.416 e. The van der Waals surface area contributed by atoms with E-state index in [-0.39, 0.29) is 11.5 Å². The van der Waals surface area contributed by atoms with Crippen LogP contribution >= 0.6 is 0 Å². The van der Waals surface area contributed by atoms with Gasteiger partial charge in [0.1, 0.15) is 0 Å². The SMILES string of the molecule is CNc1nnnnc1S(=O)(=O)Nc1ccc(C(F)(F)F)cc1. The number of aromatic nitrogens is 4. The van der Waals surface area contributed by atoms with Gasteiger partial charge in [-0.05, 0) is 34.7 Å². The van der Waals surface area contributed by atoms with Crippen LogP contribution in [0.4, 0.5) is 24.7 Å². The summed E-state index contributed by atoms with van der Waals surface area (Å²) in [5, 5.41) is 15.1. The summed E-state index contributed by atoms with van der Waals surface area (Å²) in [6.45, 7) is 0. The second-order valence-electron chi connectivity index (χ2n) is 3.96. The summed E-state index contributed by atoms with van der Waals surface area (Å²) in [5.74, 6) is -0.144. The number of nitrogens with zero attached hydrogens (tertiary/aromatic N) is 4. The summed E-state index contributed by atoms with van der Waals surface area (Å²) < 4.78 is 63.6. The van der Waals surface area contributed by atoms with Crippen molar-refractivity contribution in [3.63, 3.8) is 0 Å². The molecule has 2 N–H and O–H groups in total. The van der Waals surface area contributed by atoms with Gasteiger partial charge in [0.25, 0.3) is 10.0 Å². The molecular formula is C10H9F3N6O2S. The third kappa shape index (κ3) is 3.39. The van der Waals surface area contributed by atoms with E-state index in [0.717, 1.165) is 24.3 Å². The maximum Gasteiger partial charge on any atom is 0.416 e. The minimum absolute atomic E-state index is 0.0614. The number of benzene rings is 1. The highest BCUT2D eigenvalue weighted by atomic mass is 32.2. The summed E-state index contributed by atoms with van der Waals surface area (Å²) in [6.07, 6.45) is -4.50. The molecule has 0 spiro atoms. The number of alkyl halides is 3. The van der Waals surface area contributed by atoms with Crippen LogP contribution in [0.15, 0.2) is 29.3 Å². The third-order valence-electron chi connectivity index (χ3n) is 2.48. The molecule has 0 radical (unpaired) electrons. The molecule has 0 aliphatic heterocycles. The molecule has 0 fully saturated rings. The van der Waals surface area contributed by atoms with E-state index >= 15 is 0 Å². The quantitative estimate of drug-likeness (QED) is 0.862. The van der Waals surface area contributed by atoms with E-state index in [0.29, 0.717) is 0 Å². The first kappa shape index (κ1) is 15.9. The Labute approximate surface area is 122 Å². The van der Waals surface area contributed by atoms with Crippen LogP contribution in [0.25, 0.3) is 0 Å². The Kier molecular flexibility index (Phi) is 4.12. The third-order valence-corrected chi connectivity index (χ3v) is 3.77. The number of nitrogens with one attached hydrogen (secondary N) is 2. The van der Waals surface area contributed by atoms with Crippen molar-refractivity contribution in [3.8, 4) is 0 Å². The Hall–Kier alpha value is -2.50. The fourth-order valence-corrected chi connectivity index (χ4v) is 2.57. The molecule has 2 rings (SSSR count). The van der Waals surface area contributed by atoms with E-state index in [1.54, 1.807) is 0 Å². The minimum Gasteiger partial charge on any atom is -0.369 e. The zero-order valence-corrected chi connectivity index (χ0v) is 11.8. The van der Waals surface area contributed by atoms with Gasteiger partial charge in [-0.3, -0.25) is 4.72 Å². The first-order valence-corrected chi connectivity index (χ1v) is 7.16. The van der Waals surface area contributed by atoms with Crippen molar-refractivity contribution < 1.29 is 21.6 Å². The maximum absolute atomic E-state index is 12.4. The summed E-state index contributed by atoms with van der Waals surface area (Å²) in [7, 11) is -2.77. The van der Waals surface area contributed by atoms with Gasteiger partial charge < -0.3 is 5.32 Å². The van der Waals surface area contributed by atoms with Crippen LogP contribution in [-0.4, -0.2) is 36.1 Å². The van der Waals surface area contributed by atoms with E-state index in [9.17, 15) is 21.6 Å². The van der Waals surface area contributed by atoms with Gasteiger partial charge in [0.05, 0.1) is 5.56 Å². The summed E-state index contributed by atoms with van der Waals surface area (Å²) in [5.41, 5.74) is -0.953. The fraction of sp³-hybridized carbons (Fsp3) is 0.200. The molecule has 0 aliphatic carbocycles. The fourth-order valence-electron chi connectivity index (χ4n) is 1.48. The molecule has 0 amide bonds. The lowest BCUT2D eigenvalue weighted by Crippen LogP contribution is -2.18. The van der Waals surface area contributed by atoms with Gasteiger partial charge in [-0.1, -0.05) is 0 Å². The maximum atomic E-state index is 12.4. The summed E-state index contributed by atoms with van der Waals surface area (Å²) in [6, 6.07) is 3.49. The molecule has 8 nitrogen and oxygen atoms in total. The first-order valence-electron chi connectivity index (χ1n) is 5.68. The number of rotatable bonds is 4. The van der Waals surface area contributed by atoms with Gasteiger partial charge in [0, 0.05) is 12.7 Å². The molecule has 0 atom stereocenters. The van der Waals surface area contributed by atoms with E-state index in [1.165, 1.54) is 7.05 Å². The Morgan fingerprint density at radius 1 is 1.05 bits per heavy atom. The van der Waals surface area contributed by atoms with Gasteiger partial charge >= 0.3 is 6.18 Å². The second kappa shape index (κ2) is 5.71. The lowest BCUT2D eigenvalue weighted by atomic mass is 10.2. The van der Waals surface area contributed by atoms with E-state index in [2.05, 4.69) is 30.7 Å². The molecule has 12 heteroatoms. The monoisotopic (exact) mass is 334 g/mol. The zero-order chi connectivity index (χ0) is 16.4. The van der Waals surface area contributed by atoms with Crippen molar-refractivity contribution >= 4 is 21.5 Å². The van der Waals surface area contributed by atoms with Gasteiger partial charge in [-0.15, -0.1) is 10.2 Å². The number of hydrogen-bond donors (Lipinski definition) is 2. The van der Waals surface area contributed by atoms with Crippen molar-refractivity contribution in [2.75, 3.05) is 17.1 Å². The Bertz CT molecular complexity index is 763. The molecule has 22 heavy (non-hydrogen) atoms. The van der Waals surface area contributed by atoms with Crippen LogP contribution in [0.1, 0.15) is 5.56 Å². The van der Waals surface area contributed by atoms with Gasteiger partial charge in [-0.2, -0.15) is 21.6 Å². The van der Waals surface area contributed by atoms with Crippen LogP contribution in [0, 0.1) is 0 Å².